The minimum atomic E-state index is -0.511. The molecule has 5 heteroatoms. The van der Waals surface area contributed by atoms with Gasteiger partial charge < -0.3 is 9.30 Å². The SMILES string of the molecule is COCCn1cc(C(=O)c2ccc(C)cc2)c(=O)c2cc(F)ccc21. The number of hydrogen-bond acceptors (Lipinski definition) is 3. The Labute approximate surface area is 144 Å². The molecule has 25 heavy (non-hydrogen) atoms. The van der Waals surface area contributed by atoms with Crippen molar-refractivity contribution in [2.24, 2.45) is 0 Å². The van der Waals surface area contributed by atoms with Crippen molar-refractivity contribution >= 4 is 16.7 Å². The molecule has 0 spiro atoms. The number of pyridine rings is 1. The fourth-order valence-corrected chi connectivity index (χ4v) is 2.77. The van der Waals surface area contributed by atoms with Crippen LogP contribution in [0.2, 0.25) is 0 Å². The van der Waals surface area contributed by atoms with Crippen LogP contribution in [0.25, 0.3) is 10.9 Å². The third-order valence-corrected chi connectivity index (χ3v) is 4.14. The number of aromatic nitrogens is 1. The molecule has 0 saturated heterocycles. The van der Waals surface area contributed by atoms with Crippen molar-refractivity contribution in [2.75, 3.05) is 13.7 Å². The molecule has 0 aliphatic carbocycles. The first-order chi connectivity index (χ1) is 12.0. The first-order valence-electron chi connectivity index (χ1n) is 7.94. The second-order valence-electron chi connectivity index (χ2n) is 5.91. The number of rotatable bonds is 5. The van der Waals surface area contributed by atoms with Crippen molar-refractivity contribution in [3.05, 3.63) is 81.4 Å². The summed E-state index contributed by atoms with van der Waals surface area (Å²) in [4.78, 5) is 25.6. The summed E-state index contributed by atoms with van der Waals surface area (Å²) < 4.78 is 20.5. The zero-order valence-electron chi connectivity index (χ0n) is 14.1. The molecule has 0 amide bonds. The third kappa shape index (κ3) is 3.37. The summed E-state index contributed by atoms with van der Waals surface area (Å²) in [6.45, 7) is 2.78. The molecule has 0 N–H and O–H groups in total. The molecular formula is C20H18FNO3. The van der Waals surface area contributed by atoms with Crippen LogP contribution in [0.1, 0.15) is 21.5 Å². The fourth-order valence-electron chi connectivity index (χ4n) is 2.77. The molecule has 0 radical (unpaired) electrons. The molecule has 0 unspecified atom stereocenters. The van der Waals surface area contributed by atoms with Crippen LogP contribution in [0.5, 0.6) is 0 Å². The number of methoxy groups -OCH3 is 1. The molecular weight excluding hydrogens is 321 g/mol. The monoisotopic (exact) mass is 339 g/mol. The van der Waals surface area contributed by atoms with Crippen molar-refractivity contribution in [2.45, 2.75) is 13.5 Å². The van der Waals surface area contributed by atoms with Gasteiger partial charge in [0.15, 0.2) is 5.78 Å². The van der Waals surface area contributed by atoms with Crippen LogP contribution in [0.4, 0.5) is 4.39 Å². The topological polar surface area (TPSA) is 48.3 Å². The van der Waals surface area contributed by atoms with Gasteiger partial charge in [0, 0.05) is 30.8 Å². The highest BCUT2D eigenvalue weighted by Gasteiger charge is 2.17. The molecule has 0 aliphatic rings. The molecule has 3 rings (SSSR count). The van der Waals surface area contributed by atoms with Crippen LogP contribution in [-0.4, -0.2) is 24.1 Å². The Bertz CT molecular complexity index is 990. The molecule has 0 bridgehead atoms. The van der Waals surface area contributed by atoms with E-state index in [0.29, 0.717) is 24.2 Å². The predicted molar refractivity (Wildman–Crippen MR) is 94.7 cm³/mol. The van der Waals surface area contributed by atoms with Gasteiger partial charge in [0.1, 0.15) is 5.82 Å². The molecule has 1 aromatic heterocycles. The summed E-state index contributed by atoms with van der Waals surface area (Å²) in [7, 11) is 1.57. The Morgan fingerprint density at radius 2 is 1.88 bits per heavy atom. The second-order valence-corrected chi connectivity index (χ2v) is 5.91. The molecule has 0 fully saturated rings. The van der Waals surface area contributed by atoms with E-state index < -0.39 is 11.2 Å². The van der Waals surface area contributed by atoms with E-state index in [0.717, 1.165) is 5.56 Å². The van der Waals surface area contributed by atoms with Crippen molar-refractivity contribution in [3.63, 3.8) is 0 Å². The summed E-state index contributed by atoms with van der Waals surface area (Å²) in [6.07, 6.45) is 1.53. The maximum absolute atomic E-state index is 13.6. The van der Waals surface area contributed by atoms with E-state index in [1.165, 1.54) is 18.3 Å². The predicted octanol–water partition coefficient (Wildman–Crippen LogP) is 3.33. The number of fused-ring (bicyclic) bond motifs is 1. The quantitative estimate of drug-likeness (QED) is 0.670. The smallest absolute Gasteiger partial charge is 0.200 e. The van der Waals surface area contributed by atoms with Crippen molar-refractivity contribution in [1.29, 1.82) is 0 Å². The summed E-state index contributed by atoms with van der Waals surface area (Å²) >= 11 is 0. The molecule has 4 nitrogen and oxygen atoms in total. The largest absolute Gasteiger partial charge is 0.383 e. The number of halogens is 1. The Morgan fingerprint density at radius 1 is 1.16 bits per heavy atom. The number of nitrogens with zero attached hydrogens (tertiary/aromatic N) is 1. The van der Waals surface area contributed by atoms with Crippen LogP contribution in [0.3, 0.4) is 0 Å². The zero-order valence-corrected chi connectivity index (χ0v) is 14.1. The average molecular weight is 339 g/mol. The second kappa shape index (κ2) is 6.99. The molecule has 0 atom stereocenters. The van der Waals surface area contributed by atoms with Crippen molar-refractivity contribution in [3.8, 4) is 0 Å². The van der Waals surface area contributed by atoms with E-state index in [1.54, 1.807) is 29.9 Å². The van der Waals surface area contributed by atoms with Crippen LogP contribution in [0.15, 0.2) is 53.5 Å². The third-order valence-electron chi connectivity index (χ3n) is 4.14. The number of ketones is 1. The van der Waals surface area contributed by atoms with E-state index in [2.05, 4.69) is 0 Å². The summed E-state index contributed by atoms with van der Waals surface area (Å²) in [6, 6.07) is 11.0. The highest BCUT2D eigenvalue weighted by Crippen LogP contribution is 2.16. The van der Waals surface area contributed by atoms with Gasteiger partial charge >= 0.3 is 0 Å². The lowest BCUT2D eigenvalue weighted by Crippen LogP contribution is -2.21. The van der Waals surface area contributed by atoms with Gasteiger partial charge in [0.2, 0.25) is 5.43 Å². The molecule has 128 valence electrons. The maximum atomic E-state index is 13.6. The van der Waals surface area contributed by atoms with Gasteiger partial charge in [-0.15, -0.1) is 0 Å². The van der Waals surface area contributed by atoms with Crippen molar-refractivity contribution in [1.82, 2.24) is 4.57 Å². The van der Waals surface area contributed by atoms with Gasteiger partial charge in [-0.3, -0.25) is 9.59 Å². The number of ether oxygens (including phenoxy) is 1. The number of aryl methyl sites for hydroxylation is 1. The lowest BCUT2D eigenvalue weighted by molar-refractivity contribution is 0.103. The maximum Gasteiger partial charge on any atom is 0.200 e. The molecule has 0 aliphatic heterocycles. The van der Waals surface area contributed by atoms with Gasteiger partial charge in [-0.1, -0.05) is 29.8 Å². The first-order valence-corrected chi connectivity index (χ1v) is 7.94. The van der Waals surface area contributed by atoms with Gasteiger partial charge in [0.05, 0.1) is 17.7 Å². The minimum Gasteiger partial charge on any atom is -0.383 e. The fraction of sp³-hybridized carbons (Fsp3) is 0.200. The number of carbonyl (C=O) groups is 1. The Morgan fingerprint density at radius 3 is 2.56 bits per heavy atom. The van der Waals surface area contributed by atoms with Crippen molar-refractivity contribution < 1.29 is 13.9 Å². The van der Waals surface area contributed by atoms with Gasteiger partial charge in [-0.2, -0.15) is 0 Å². The van der Waals surface area contributed by atoms with E-state index in [-0.39, 0.29) is 16.7 Å². The summed E-state index contributed by atoms with van der Waals surface area (Å²) in [5, 5.41) is 0.189. The van der Waals surface area contributed by atoms with E-state index in [1.807, 2.05) is 19.1 Å². The Kier molecular flexibility index (Phi) is 4.76. The van der Waals surface area contributed by atoms with Gasteiger partial charge in [-0.25, -0.2) is 4.39 Å². The lowest BCUT2D eigenvalue weighted by atomic mass is 10.0. The molecule has 0 saturated carbocycles. The normalized spacial score (nSPS) is 11.0. The first kappa shape index (κ1) is 17.0. The zero-order chi connectivity index (χ0) is 18.0. The van der Waals surface area contributed by atoms with Crippen LogP contribution < -0.4 is 5.43 Å². The van der Waals surface area contributed by atoms with E-state index in [4.69, 9.17) is 4.74 Å². The number of hydrogen-bond donors (Lipinski definition) is 0. The lowest BCUT2D eigenvalue weighted by Gasteiger charge is -2.13. The average Bonchev–Trinajstić information content (AvgIpc) is 2.61. The standard InChI is InChI=1S/C20H18FNO3/c1-13-3-5-14(6-4-13)19(23)17-12-22(9-10-25-2)18-8-7-15(21)11-16(18)20(17)24/h3-8,11-12H,9-10H2,1-2H3. The molecule has 2 aromatic carbocycles. The highest BCUT2D eigenvalue weighted by molar-refractivity contribution is 6.10. The highest BCUT2D eigenvalue weighted by atomic mass is 19.1. The summed E-state index contributed by atoms with van der Waals surface area (Å²) in [5.41, 5.74) is 1.59. The molecule has 1 heterocycles. The van der Waals surface area contributed by atoms with E-state index in [9.17, 15) is 14.0 Å². The number of benzene rings is 2. The van der Waals surface area contributed by atoms with Crippen LogP contribution >= 0.6 is 0 Å². The Balaban J connectivity index is 2.20. The van der Waals surface area contributed by atoms with E-state index >= 15 is 0 Å². The van der Waals surface area contributed by atoms with Crippen LogP contribution in [0, 0.1) is 12.7 Å². The molecule has 3 aromatic rings. The van der Waals surface area contributed by atoms with Gasteiger partial charge in [-0.05, 0) is 25.1 Å². The Hall–Kier alpha value is -2.79. The van der Waals surface area contributed by atoms with Gasteiger partial charge in [0.25, 0.3) is 0 Å². The minimum absolute atomic E-state index is 0.0260. The number of carbonyl (C=O) groups excluding carboxylic acids is 1. The van der Waals surface area contributed by atoms with Crippen LogP contribution in [-0.2, 0) is 11.3 Å². The summed E-state index contributed by atoms with van der Waals surface area (Å²) in [5.74, 6) is -0.884.